The molecule has 0 radical (unpaired) electrons. The van der Waals surface area contributed by atoms with Crippen molar-refractivity contribution in [3.05, 3.63) is 21.8 Å². The number of hydrogen-bond donors (Lipinski definition) is 0. The van der Waals surface area contributed by atoms with E-state index >= 15 is 0 Å². The van der Waals surface area contributed by atoms with Gasteiger partial charge in [-0.25, -0.2) is 4.98 Å². The largest absolute Gasteiger partial charge is 0.355 e. The van der Waals surface area contributed by atoms with Gasteiger partial charge in [0.05, 0.1) is 9.50 Å². The van der Waals surface area contributed by atoms with Gasteiger partial charge >= 0.3 is 0 Å². The highest BCUT2D eigenvalue weighted by atomic mass is 79.9. The van der Waals surface area contributed by atoms with Crippen molar-refractivity contribution in [2.75, 3.05) is 18.0 Å². The molecule has 1 aromatic rings. The van der Waals surface area contributed by atoms with E-state index in [1.54, 1.807) is 6.20 Å². The molecule has 4 heteroatoms. The summed E-state index contributed by atoms with van der Waals surface area (Å²) in [6.45, 7) is 2.33. The van der Waals surface area contributed by atoms with Crippen LogP contribution in [0, 0.1) is 11.8 Å². The molecule has 2 fully saturated rings. The van der Waals surface area contributed by atoms with E-state index < -0.39 is 0 Å². The summed E-state index contributed by atoms with van der Waals surface area (Å²) in [5.41, 5.74) is 0. The SMILES string of the molecule is Clc1cnc(N2CC3CCCC3C2)c(Br)c1. The molecule has 2 unspecified atom stereocenters. The van der Waals surface area contributed by atoms with Crippen LogP contribution in [0.1, 0.15) is 19.3 Å². The van der Waals surface area contributed by atoms with Gasteiger partial charge in [-0.1, -0.05) is 18.0 Å². The summed E-state index contributed by atoms with van der Waals surface area (Å²) in [4.78, 5) is 6.83. The van der Waals surface area contributed by atoms with E-state index in [0.29, 0.717) is 5.02 Å². The molecule has 0 aromatic carbocycles. The van der Waals surface area contributed by atoms with Gasteiger partial charge in [-0.2, -0.15) is 0 Å². The Bertz CT molecular complexity index is 398. The summed E-state index contributed by atoms with van der Waals surface area (Å²) in [7, 11) is 0. The van der Waals surface area contributed by atoms with Crippen molar-refractivity contribution in [3.8, 4) is 0 Å². The van der Waals surface area contributed by atoms with Crippen LogP contribution in [0.15, 0.2) is 16.7 Å². The van der Waals surface area contributed by atoms with Crippen molar-refractivity contribution >= 4 is 33.3 Å². The molecular weight excluding hydrogens is 288 g/mol. The molecule has 2 aliphatic rings. The summed E-state index contributed by atoms with van der Waals surface area (Å²) < 4.78 is 1.01. The lowest BCUT2D eigenvalue weighted by Gasteiger charge is -2.19. The van der Waals surface area contributed by atoms with Gasteiger partial charge in [-0.15, -0.1) is 0 Å². The van der Waals surface area contributed by atoms with Crippen LogP contribution in [-0.4, -0.2) is 18.1 Å². The Morgan fingerprint density at radius 1 is 1.31 bits per heavy atom. The van der Waals surface area contributed by atoms with Crippen molar-refractivity contribution in [3.63, 3.8) is 0 Å². The minimum Gasteiger partial charge on any atom is -0.355 e. The summed E-state index contributed by atoms with van der Waals surface area (Å²) in [5.74, 6) is 2.84. The Morgan fingerprint density at radius 3 is 2.62 bits per heavy atom. The zero-order valence-corrected chi connectivity index (χ0v) is 11.3. The number of nitrogens with zero attached hydrogens (tertiary/aromatic N) is 2. The van der Waals surface area contributed by atoms with Gasteiger partial charge < -0.3 is 4.90 Å². The molecule has 2 atom stereocenters. The molecule has 1 saturated carbocycles. The minimum absolute atomic E-state index is 0.690. The first-order valence-electron chi connectivity index (χ1n) is 5.80. The predicted octanol–water partition coefficient (Wildman–Crippen LogP) is 3.73. The standard InChI is InChI=1S/C12H14BrClN2/c13-11-4-10(14)5-15-12(11)16-6-8-2-1-3-9(8)7-16/h4-5,8-9H,1-3,6-7H2. The third kappa shape index (κ3) is 1.84. The number of anilines is 1. The third-order valence-electron chi connectivity index (χ3n) is 3.81. The second-order valence-electron chi connectivity index (χ2n) is 4.82. The van der Waals surface area contributed by atoms with E-state index in [1.165, 1.54) is 19.3 Å². The van der Waals surface area contributed by atoms with Crippen LogP contribution < -0.4 is 4.90 Å². The zero-order chi connectivity index (χ0) is 11.1. The Morgan fingerprint density at radius 2 is 2.00 bits per heavy atom. The number of pyridine rings is 1. The van der Waals surface area contributed by atoms with E-state index in [4.69, 9.17) is 11.6 Å². The fraction of sp³-hybridized carbons (Fsp3) is 0.583. The summed E-state index contributed by atoms with van der Waals surface area (Å²) in [6, 6.07) is 1.93. The van der Waals surface area contributed by atoms with Gasteiger partial charge in [0.1, 0.15) is 5.82 Å². The first-order chi connectivity index (χ1) is 7.74. The molecular formula is C12H14BrClN2. The zero-order valence-electron chi connectivity index (χ0n) is 9.00. The first kappa shape index (κ1) is 10.8. The number of rotatable bonds is 1. The van der Waals surface area contributed by atoms with Crippen LogP contribution in [-0.2, 0) is 0 Å². The monoisotopic (exact) mass is 300 g/mol. The van der Waals surface area contributed by atoms with Gasteiger partial charge in [0.15, 0.2) is 0 Å². The van der Waals surface area contributed by atoms with Gasteiger partial charge in [0.2, 0.25) is 0 Å². The highest BCUT2D eigenvalue weighted by Crippen LogP contribution is 2.40. The molecule has 0 N–H and O–H groups in total. The molecule has 2 nitrogen and oxygen atoms in total. The number of hydrogen-bond acceptors (Lipinski definition) is 2. The fourth-order valence-corrected chi connectivity index (χ4v) is 3.94. The van der Waals surface area contributed by atoms with Gasteiger partial charge in [0.25, 0.3) is 0 Å². The van der Waals surface area contributed by atoms with E-state index in [1.807, 2.05) is 6.07 Å². The van der Waals surface area contributed by atoms with E-state index in [-0.39, 0.29) is 0 Å². The summed E-state index contributed by atoms with van der Waals surface area (Å²) >= 11 is 9.46. The van der Waals surface area contributed by atoms with Crippen LogP contribution in [0.25, 0.3) is 0 Å². The van der Waals surface area contributed by atoms with Crippen LogP contribution >= 0.6 is 27.5 Å². The van der Waals surface area contributed by atoms with Crippen molar-refractivity contribution in [2.24, 2.45) is 11.8 Å². The molecule has 1 saturated heterocycles. The Balaban J connectivity index is 1.83. The second-order valence-corrected chi connectivity index (χ2v) is 6.11. The minimum atomic E-state index is 0.690. The normalized spacial score (nSPS) is 28.5. The lowest BCUT2D eigenvalue weighted by molar-refractivity contribution is 0.494. The van der Waals surface area contributed by atoms with Crippen LogP contribution in [0.5, 0.6) is 0 Å². The lowest BCUT2D eigenvalue weighted by atomic mass is 10.0. The van der Waals surface area contributed by atoms with Crippen molar-refractivity contribution in [1.29, 1.82) is 0 Å². The van der Waals surface area contributed by atoms with Crippen molar-refractivity contribution < 1.29 is 0 Å². The molecule has 0 spiro atoms. The highest BCUT2D eigenvalue weighted by Gasteiger charge is 2.36. The van der Waals surface area contributed by atoms with Crippen LogP contribution in [0.4, 0.5) is 5.82 Å². The van der Waals surface area contributed by atoms with Gasteiger partial charge in [0, 0.05) is 19.3 Å². The molecule has 1 aromatic heterocycles. The van der Waals surface area contributed by atoms with Crippen molar-refractivity contribution in [2.45, 2.75) is 19.3 Å². The molecule has 0 amide bonds. The molecule has 86 valence electrons. The lowest BCUT2D eigenvalue weighted by Crippen LogP contribution is -2.22. The highest BCUT2D eigenvalue weighted by molar-refractivity contribution is 9.10. The number of halogens is 2. The van der Waals surface area contributed by atoms with Gasteiger partial charge in [-0.3, -0.25) is 0 Å². The average Bonchev–Trinajstić information content (AvgIpc) is 2.76. The molecule has 2 heterocycles. The maximum Gasteiger partial charge on any atom is 0.142 e. The summed E-state index contributed by atoms with van der Waals surface area (Å²) in [6.07, 6.45) is 5.94. The number of fused-ring (bicyclic) bond motifs is 1. The van der Waals surface area contributed by atoms with Crippen LogP contribution in [0.3, 0.4) is 0 Å². The molecule has 16 heavy (non-hydrogen) atoms. The smallest absolute Gasteiger partial charge is 0.142 e. The van der Waals surface area contributed by atoms with Crippen LogP contribution in [0.2, 0.25) is 5.02 Å². The molecule has 1 aliphatic heterocycles. The van der Waals surface area contributed by atoms with E-state index in [0.717, 1.165) is 35.2 Å². The molecule has 0 bridgehead atoms. The topological polar surface area (TPSA) is 16.1 Å². The van der Waals surface area contributed by atoms with E-state index in [2.05, 4.69) is 25.8 Å². The molecule has 3 rings (SSSR count). The number of aromatic nitrogens is 1. The van der Waals surface area contributed by atoms with E-state index in [9.17, 15) is 0 Å². The fourth-order valence-electron chi connectivity index (χ4n) is 3.05. The third-order valence-corrected chi connectivity index (χ3v) is 4.60. The molecule has 1 aliphatic carbocycles. The first-order valence-corrected chi connectivity index (χ1v) is 6.97. The Labute approximate surface area is 109 Å². The van der Waals surface area contributed by atoms with Crippen molar-refractivity contribution in [1.82, 2.24) is 4.98 Å². The quantitative estimate of drug-likeness (QED) is 0.785. The second kappa shape index (κ2) is 4.19. The summed E-state index contributed by atoms with van der Waals surface area (Å²) in [5, 5.41) is 0.690. The average molecular weight is 302 g/mol. The Kier molecular flexibility index (Phi) is 2.84. The predicted molar refractivity (Wildman–Crippen MR) is 70.0 cm³/mol. The maximum atomic E-state index is 5.91. The Hall–Kier alpha value is -0.280. The maximum absolute atomic E-state index is 5.91. The van der Waals surface area contributed by atoms with Gasteiger partial charge in [-0.05, 0) is 46.7 Å².